The molecule has 3 heterocycles. The van der Waals surface area contributed by atoms with Crippen molar-refractivity contribution in [2.45, 2.75) is 75.2 Å². The zero-order chi connectivity index (χ0) is 26.6. The van der Waals surface area contributed by atoms with Gasteiger partial charge in [0.05, 0.1) is 29.5 Å². The average molecular weight is 532 g/mol. The summed E-state index contributed by atoms with van der Waals surface area (Å²) >= 11 is 0. The Morgan fingerprint density at radius 2 is 1.86 bits per heavy atom. The van der Waals surface area contributed by atoms with Crippen LogP contribution in [-0.2, 0) is 16.0 Å². The number of nitrogens with one attached hydrogen (secondary N) is 2. The number of imidazole rings is 1. The van der Waals surface area contributed by atoms with Crippen molar-refractivity contribution in [3.05, 3.63) is 29.7 Å². The lowest BCUT2D eigenvalue weighted by Crippen LogP contribution is -2.47. The molecule has 37 heavy (non-hydrogen) atoms. The summed E-state index contributed by atoms with van der Waals surface area (Å²) in [5, 5.41) is 9.38. The van der Waals surface area contributed by atoms with E-state index in [0.29, 0.717) is 17.0 Å². The van der Waals surface area contributed by atoms with Crippen LogP contribution in [-0.4, -0.2) is 50.7 Å². The summed E-state index contributed by atoms with van der Waals surface area (Å²) in [4.78, 5) is 29.2. The predicted octanol–water partition coefficient (Wildman–Crippen LogP) is 4.07. The number of piperidine rings is 1. The highest BCUT2D eigenvalue weighted by Gasteiger charge is 2.52. The zero-order valence-corrected chi connectivity index (χ0v) is 19.8. The van der Waals surface area contributed by atoms with E-state index in [9.17, 15) is 35.9 Å². The van der Waals surface area contributed by atoms with Gasteiger partial charge >= 0.3 is 6.18 Å². The highest BCUT2D eigenvalue weighted by atomic mass is 19.4. The third-order valence-electron chi connectivity index (χ3n) is 7.71. The lowest BCUT2D eigenvalue weighted by molar-refractivity contribution is -0.183. The van der Waals surface area contributed by atoms with E-state index < -0.39 is 54.0 Å². The first-order valence-corrected chi connectivity index (χ1v) is 12.4. The van der Waals surface area contributed by atoms with E-state index in [-0.39, 0.29) is 57.3 Å². The maximum atomic E-state index is 14.4. The summed E-state index contributed by atoms with van der Waals surface area (Å²) in [6.45, 7) is -0.448. The van der Waals surface area contributed by atoms with Crippen LogP contribution in [0, 0.1) is 17.8 Å². The minimum absolute atomic E-state index is 0.00981. The summed E-state index contributed by atoms with van der Waals surface area (Å²) in [5.74, 6) is -6.94. The van der Waals surface area contributed by atoms with E-state index in [1.807, 2.05) is 0 Å². The van der Waals surface area contributed by atoms with Crippen molar-refractivity contribution in [1.82, 2.24) is 25.2 Å². The first-order valence-electron chi connectivity index (χ1n) is 12.4. The first-order chi connectivity index (χ1) is 17.3. The molecule has 1 saturated heterocycles. The van der Waals surface area contributed by atoms with Gasteiger partial charge < -0.3 is 10.6 Å². The number of amides is 2. The molecule has 2 amide bonds. The quantitative estimate of drug-likeness (QED) is 0.551. The van der Waals surface area contributed by atoms with Gasteiger partial charge in [0.2, 0.25) is 11.8 Å². The van der Waals surface area contributed by atoms with Crippen LogP contribution < -0.4 is 10.6 Å². The number of hydrogen-bond acceptors (Lipinski definition) is 4. The van der Waals surface area contributed by atoms with E-state index in [2.05, 4.69) is 20.7 Å². The Balaban J connectivity index is 1.37. The third kappa shape index (κ3) is 5.54. The van der Waals surface area contributed by atoms with Gasteiger partial charge in [0.15, 0.2) is 11.3 Å². The molecule has 1 aliphatic heterocycles. The molecule has 2 aromatic rings. The molecule has 7 nitrogen and oxygen atoms in total. The van der Waals surface area contributed by atoms with Crippen LogP contribution in [0.4, 0.5) is 26.3 Å². The van der Waals surface area contributed by atoms with Gasteiger partial charge in [0.1, 0.15) is 0 Å². The van der Waals surface area contributed by atoms with E-state index in [1.165, 1.54) is 10.7 Å². The Bertz CT molecular complexity index is 1180. The van der Waals surface area contributed by atoms with Crippen LogP contribution in [0.1, 0.15) is 62.4 Å². The molecule has 3 aliphatic rings. The lowest BCUT2D eigenvalue weighted by atomic mass is 9.81. The number of fused-ring (bicyclic) bond motifs is 1. The number of nitrogens with zero attached hydrogens (tertiary/aromatic N) is 3. The number of halogens is 6. The minimum Gasteiger partial charge on any atom is -0.355 e. The van der Waals surface area contributed by atoms with E-state index in [4.69, 9.17) is 0 Å². The van der Waals surface area contributed by atoms with Gasteiger partial charge in [0.25, 0.3) is 5.91 Å². The van der Waals surface area contributed by atoms with Crippen LogP contribution in [0.3, 0.4) is 0 Å². The molecule has 2 unspecified atom stereocenters. The van der Waals surface area contributed by atoms with Crippen LogP contribution >= 0.6 is 0 Å². The molecular weight excluding hydrogens is 504 g/mol. The second kappa shape index (κ2) is 9.16. The normalized spacial score (nSPS) is 26.5. The predicted molar refractivity (Wildman–Crippen MR) is 118 cm³/mol. The van der Waals surface area contributed by atoms with Gasteiger partial charge in [-0.3, -0.25) is 9.59 Å². The molecule has 0 spiro atoms. The monoisotopic (exact) mass is 531 g/mol. The van der Waals surface area contributed by atoms with Crippen LogP contribution in [0.2, 0.25) is 0 Å². The molecule has 202 valence electrons. The Kier molecular flexibility index (Phi) is 6.38. The maximum absolute atomic E-state index is 14.4. The first kappa shape index (κ1) is 25.8. The molecule has 0 bridgehead atoms. The topological polar surface area (TPSA) is 88.4 Å². The number of aromatic nitrogens is 3. The maximum Gasteiger partial charge on any atom is 0.393 e. The third-order valence-corrected chi connectivity index (χ3v) is 7.71. The minimum atomic E-state index is -4.41. The summed E-state index contributed by atoms with van der Waals surface area (Å²) in [6.07, 6.45) is -3.48. The standard InChI is InChI=1S/C24H27F6N5O2/c25-22(7-8-22)21(37)33-19(13-3-5-23(26,27)6-4-13)17-12-35-18(32-17)2-1-16(34-35)10-14-9-15(24(28,29)30)11-31-20(14)36/h1-2,12-15,19H,3-11H2,(H,31,36)(H,33,37)/t14?,15-,19?/m1/s1. The fraction of sp³-hybridized carbons (Fsp3) is 0.667. The number of alkyl halides is 6. The van der Waals surface area contributed by atoms with Gasteiger partial charge in [0, 0.05) is 31.7 Å². The molecule has 2 N–H and O–H groups in total. The smallest absolute Gasteiger partial charge is 0.355 e. The Morgan fingerprint density at radius 3 is 2.51 bits per heavy atom. The molecule has 0 radical (unpaired) electrons. The molecule has 2 aliphatic carbocycles. The van der Waals surface area contributed by atoms with E-state index in [1.54, 1.807) is 12.1 Å². The number of carbonyl (C=O) groups is 2. The van der Waals surface area contributed by atoms with Crippen molar-refractivity contribution >= 4 is 17.5 Å². The van der Waals surface area contributed by atoms with Crippen molar-refractivity contribution in [3.8, 4) is 0 Å². The molecule has 3 atom stereocenters. The fourth-order valence-electron chi connectivity index (χ4n) is 5.21. The highest BCUT2D eigenvalue weighted by Crippen LogP contribution is 2.44. The van der Waals surface area contributed by atoms with E-state index in [0.717, 1.165) is 0 Å². The van der Waals surface area contributed by atoms with Gasteiger partial charge in [-0.25, -0.2) is 22.7 Å². The summed E-state index contributed by atoms with van der Waals surface area (Å²) in [6, 6.07) is 2.35. The zero-order valence-electron chi connectivity index (χ0n) is 19.8. The molecular formula is C24H27F6N5O2. The van der Waals surface area contributed by atoms with Crippen molar-refractivity contribution in [2.24, 2.45) is 17.8 Å². The van der Waals surface area contributed by atoms with Crippen molar-refractivity contribution in [3.63, 3.8) is 0 Å². The molecule has 0 aromatic carbocycles. The molecule has 2 saturated carbocycles. The largest absolute Gasteiger partial charge is 0.393 e. The van der Waals surface area contributed by atoms with Gasteiger partial charge in [-0.2, -0.15) is 18.3 Å². The Hall–Kier alpha value is -2.86. The second-order valence-electron chi connectivity index (χ2n) is 10.5. The highest BCUT2D eigenvalue weighted by molar-refractivity contribution is 5.88. The molecule has 3 fully saturated rings. The van der Waals surface area contributed by atoms with Crippen LogP contribution in [0.5, 0.6) is 0 Å². The second-order valence-corrected chi connectivity index (χ2v) is 10.5. The van der Waals surface area contributed by atoms with Crippen molar-refractivity contribution < 1.29 is 35.9 Å². The van der Waals surface area contributed by atoms with Gasteiger partial charge in [-0.05, 0) is 50.2 Å². The Labute approximate surface area is 208 Å². The van der Waals surface area contributed by atoms with Crippen molar-refractivity contribution in [2.75, 3.05) is 6.54 Å². The molecule has 5 rings (SSSR count). The van der Waals surface area contributed by atoms with Gasteiger partial charge in [-0.1, -0.05) is 0 Å². The lowest BCUT2D eigenvalue weighted by Gasteiger charge is -2.33. The summed E-state index contributed by atoms with van der Waals surface area (Å²) in [7, 11) is 0. The van der Waals surface area contributed by atoms with Crippen LogP contribution in [0.15, 0.2) is 18.3 Å². The number of carbonyl (C=O) groups excluding carboxylic acids is 2. The van der Waals surface area contributed by atoms with Crippen LogP contribution in [0.25, 0.3) is 5.65 Å². The Morgan fingerprint density at radius 1 is 1.16 bits per heavy atom. The molecule has 13 heteroatoms. The summed E-state index contributed by atoms with van der Waals surface area (Å²) < 4.78 is 82.8. The number of rotatable bonds is 6. The fourth-order valence-corrected chi connectivity index (χ4v) is 5.21. The van der Waals surface area contributed by atoms with E-state index >= 15 is 0 Å². The van der Waals surface area contributed by atoms with Gasteiger partial charge in [-0.15, -0.1) is 0 Å². The van der Waals surface area contributed by atoms with Crippen molar-refractivity contribution in [1.29, 1.82) is 0 Å². The number of hydrogen-bond donors (Lipinski definition) is 2. The molecule has 2 aromatic heterocycles. The summed E-state index contributed by atoms with van der Waals surface area (Å²) in [5.41, 5.74) is -0.874. The average Bonchev–Trinajstić information content (AvgIpc) is 3.44. The SMILES string of the molecule is O=C1NC[C@H](C(F)(F)F)CC1Cc1ccc2nc(C(NC(=O)C3(F)CC3)C3CCC(F)(F)CC3)cn2n1.